The van der Waals surface area contributed by atoms with Gasteiger partial charge in [0.1, 0.15) is 0 Å². The highest BCUT2D eigenvalue weighted by atomic mass is 16.2. The van der Waals surface area contributed by atoms with E-state index in [2.05, 4.69) is 20.5 Å². The molecule has 0 unspecified atom stereocenters. The second-order valence-corrected chi connectivity index (χ2v) is 4.58. The smallest absolute Gasteiger partial charge is 0.276 e. The Morgan fingerprint density at radius 2 is 2.10 bits per heavy atom. The van der Waals surface area contributed by atoms with Crippen LogP contribution < -0.4 is 5.32 Å². The molecule has 7 heteroatoms. The number of aromatic nitrogens is 5. The number of anilines is 1. The number of amides is 1. The van der Waals surface area contributed by atoms with E-state index in [0.717, 1.165) is 18.8 Å². The number of nitrogens with one attached hydrogen (secondary N) is 1. The molecule has 0 spiro atoms. The van der Waals surface area contributed by atoms with E-state index in [1.54, 1.807) is 27.5 Å². The summed E-state index contributed by atoms with van der Waals surface area (Å²) in [6.45, 7) is 4.69. The van der Waals surface area contributed by atoms with E-state index < -0.39 is 0 Å². The molecule has 3 aromatic heterocycles. The molecule has 0 bridgehead atoms. The number of aryl methyl sites for hydroxylation is 2. The summed E-state index contributed by atoms with van der Waals surface area (Å²) in [6, 6.07) is 5.32. The van der Waals surface area contributed by atoms with Crippen molar-refractivity contribution in [1.29, 1.82) is 0 Å². The number of carbonyl (C=O) groups is 1. The Bertz CT molecular complexity index is 788. The van der Waals surface area contributed by atoms with Crippen LogP contribution in [0.4, 0.5) is 5.69 Å². The molecule has 108 valence electrons. The topological polar surface area (TPSA) is 77.1 Å². The lowest BCUT2D eigenvalue weighted by Gasteiger charge is -2.03. The number of fused-ring (bicyclic) bond motifs is 1. The zero-order valence-corrected chi connectivity index (χ0v) is 11.9. The number of hydrogen-bond acceptors (Lipinski definition) is 4. The van der Waals surface area contributed by atoms with Crippen LogP contribution in [0.3, 0.4) is 0 Å². The maximum Gasteiger partial charge on any atom is 0.276 e. The molecule has 3 heterocycles. The van der Waals surface area contributed by atoms with Crippen LogP contribution in [0.15, 0.2) is 30.6 Å². The Kier molecular flexibility index (Phi) is 3.39. The molecule has 0 aromatic carbocycles. The first kappa shape index (κ1) is 13.3. The first-order valence-electron chi connectivity index (χ1n) is 6.90. The van der Waals surface area contributed by atoms with Crippen molar-refractivity contribution in [3.63, 3.8) is 0 Å². The molecular formula is C14H16N6O. The van der Waals surface area contributed by atoms with Gasteiger partial charge in [0.05, 0.1) is 5.69 Å². The maximum absolute atomic E-state index is 12.2. The van der Waals surface area contributed by atoms with Gasteiger partial charge in [-0.25, -0.2) is 9.50 Å². The van der Waals surface area contributed by atoms with Gasteiger partial charge in [0.2, 0.25) is 0 Å². The molecule has 3 aromatic rings. The normalized spacial score (nSPS) is 11.0. The van der Waals surface area contributed by atoms with E-state index in [1.165, 1.54) is 0 Å². The van der Waals surface area contributed by atoms with Crippen molar-refractivity contribution in [3.8, 4) is 0 Å². The van der Waals surface area contributed by atoms with E-state index in [4.69, 9.17) is 0 Å². The molecule has 21 heavy (non-hydrogen) atoms. The highest BCUT2D eigenvalue weighted by Gasteiger charge is 2.13. The number of nitrogens with zero attached hydrogens (tertiary/aromatic N) is 5. The van der Waals surface area contributed by atoms with Crippen LogP contribution in [0, 0.1) is 0 Å². The Hall–Kier alpha value is -2.70. The molecule has 0 saturated heterocycles. The van der Waals surface area contributed by atoms with Crippen molar-refractivity contribution in [2.24, 2.45) is 0 Å². The zero-order valence-electron chi connectivity index (χ0n) is 11.9. The molecule has 0 saturated carbocycles. The lowest BCUT2D eigenvalue weighted by atomic mass is 10.3. The third-order valence-electron chi connectivity index (χ3n) is 3.17. The quantitative estimate of drug-likeness (QED) is 0.792. The lowest BCUT2D eigenvalue weighted by Crippen LogP contribution is -2.14. The van der Waals surface area contributed by atoms with Crippen molar-refractivity contribution in [2.75, 3.05) is 5.32 Å². The minimum absolute atomic E-state index is 0.253. The fourth-order valence-corrected chi connectivity index (χ4v) is 2.04. The van der Waals surface area contributed by atoms with Gasteiger partial charge in [-0.2, -0.15) is 10.2 Å². The summed E-state index contributed by atoms with van der Waals surface area (Å²) in [4.78, 5) is 16.6. The number of carbonyl (C=O) groups excluding carboxylic acids is 1. The Labute approximate surface area is 121 Å². The monoisotopic (exact) mass is 284 g/mol. The van der Waals surface area contributed by atoms with Gasteiger partial charge in [-0.1, -0.05) is 6.92 Å². The van der Waals surface area contributed by atoms with Crippen LogP contribution >= 0.6 is 0 Å². The molecule has 0 aliphatic heterocycles. The summed E-state index contributed by atoms with van der Waals surface area (Å²) in [6.07, 6.45) is 4.33. The standard InChI is InChI=1S/C14H16N6O/c1-3-12-16-13-10(6-5-8-20(13)18-12)15-14(21)11-7-9-19(4-2)17-11/h5-9H,3-4H2,1-2H3,(H,15,21). The Balaban J connectivity index is 1.90. The van der Waals surface area contributed by atoms with Crippen LogP contribution in [0.1, 0.15) is 30.2 Å². The first-order valence-corrected chi connectivity index (χ1v) is 6.90. The van der Waals surface area contributed by atoms with Crippen LogP contribution in [0.5, 0.6) is 0 Å². The van der Waals surface area contributed by atoms with Crippen molar-refractivity contribution in [2.45, 2.75) is 26.8 Å². The highest BCUT2D eigenvalue weighted by Crippen LogP contribution is 2.15. The average molecular weight is 284 g/mol. The van der Waals surface area contributed by atoms with Gasteiger partial charge in [0, 0.05) is 25.4 Å². The number of pyridine rings is 1. The summed E-state index contributed by atoms with van der Waals surface area (Å²) >= 11 is 0. The Morgan fingerprint density at radius 3 is 2.81 bits per heavy atom. The Morgan fingerprint density at radius 1 is 1.24 bits per heavy atom. The van der Waals surface area contributed by atoms with Gasteiger partial charge in [0.15, 0.2) is 17.2 Å². The molecule has 0 fully saturated rings. The van der Waals surface area contributed by atoms with Gasteiger partial charge < -0.3 is 5.32 Å². The maximum atomic E-state index is 12.2. The van der Waals surface area contributed by atoms with Crippen molar-refractivity contribution >= 4 is 17.2 Å². The van der Waals surface area contributed by atoms with E-state index >= 15 is 0 Å². The van der Waals surface area contributed by atoms with Gasteiger partial charge in [0.25, 0.3) is 5.91 Å². The predicted octanol–water partition coefficient (Wildman–Crippen LogP) is 1.76. The first-order chi connectivity index (χ1) is 10.2. The zero-order chi connectivity index (χ0) is 14.8. The van der Waals surface area contributed by atoms with E-state index in [9.17, 15) is 4.79 Å². The molecule has 0 aliphatic rings. The third-order valence-corrected chi connectivity index (χ3v) is 3.17. The van der Waals surface area contributed by atoms with Crippen LogP contribution in [0.25, 0.3) is 5.65 Å². The van der Waals surface area contributed by atoms with Gasteiger partial charge >= 0.3 is 0 Å². The minimum atomic E-state index is -0.253. The second kappa shape index (κ2) is 5.35. The molecular weight excluding hydrogens is 268 g/mol. The summed E-state index contributed by atoms with van der Waals surface area (Å²) in [5.74, 6) is 0.489. The molecule has 1 amide bonds. The van der Waals surface area contributed by atoms with Gasteiger partial charge in [-0.15, -0.1) is 0 Å². The van der Waals surface area contributed by atoms with E-state index in [1.807, 2.05) is 26.1 Å². The lowest BCUT2D eigenvalue weighted by molar-refractivity contribution is 0.102. The third kappa shape index (κ3) is 2.49. The van der Waals surface area contributed by atoms with E-state index in [-0.39, 0.29) is 5.91 Å². The largest absolute Gasteiger partial charge is 0.317 e. The molecule has 3 rings (SSSR count). The SMILES string of the molecule is CCc1nc2c(NC(=O)c3ccn(CC)n3)cccn2n1. The minimum Gasteiger partial charge on any atom is -0.317 e. The van der Waals surface area contributed by atoms with Crippen molar-refractivity contribution in [3.05, 3.63) is 42.1 Å². The van der Waals surface area contributed by atoms with Crippen molar-refractivity contribution in [1.82, 2.24) is 24.4 Å². The highest BCUT2D eigenvalue weighted by molar-refractivity contribution is 6.04. The van der Waals surface area contributed by atoms with Gasteiger partial charge in [-0.3, -0.25) is 9.48 Å². The number of hydrogen-bond donors (Lipinski definition) is 1. The summed E-state index contributed by atoms with van der Waals surface area (Å²) in [5.41, 5.74) is 1.65. The fraction of sp³-hybridized carbons (Fsp3) is 0.286. The second-order valence-electron chi connectivity index (χ2n) is 4.58. The summed E-state index contributed by atoms with van der Waals surface area (Å²) < 4.78 is 3.38. The van der Waals surface area contributed by atoms with Crippen molar-refractivity contribution < 1.29 is 4.79 Å². The molecule has 0 radical (unpaired) electrons. The molecule has 1 N–H and O–H groups in total. The van der Waals surface area contributed by atoms with Crippen LogP contribution in [-0.4, -0.2) is 30.3 Å². The fourth-order valence-electron chi connectivity index (χ4n) is 2.04. The predicted molar refractivity (Wildman–Crippen MR) is 78.2 cm³/mol. The van der Waals surface area contributed by atoms with Crippen LogP contribution in [-0.2, 0) is 13.0 Å². The molecule has 0 aliphatic carbocycles. The van der Waals surface area contributed by atoms with Gasteiger partial charge in [-0.05, 0) is 25.1 Å². The molecule has 0 atom stereocenters. The summed E-state index contributed by atoms with van der Waals surface area (Å²) in [7, 11) is 0. The number of rotatable bonds is 4. The van der Waals surface area contributed by atoms with E-state index in [0.29, 0.717) is 17.0 Å². The average Bonchev–Trinajstić information content (AvgIpc) is 3.14. The molecule has 7 nitrogen and oxygen atoms in total. The summed E-state index contributed by atoms with van der Waals surface area (Å²) in [5, 5.41) is 11.3. The van der Waals surface area contributed by atoms with Crippen LogP contribution in [0.2, 0.25) is 0 Å².